The summed E-state index contributed by atoms with van der Waals surface area (Å²) in [5, 5.41) is 27.5. The topological polar surface area (TPSA) is 87.0 Å². The van der Waals surface area contributed by atoms with Crippen LogP contribution in [0, 0.1) is 17.3 Å². The second kappa shape index (κ2) is 3.43. The molecule has 0 radical (unpaired) electrons. The Kier molecular flexibility index (Phi) is 2.84. The molecule has 1 rings (SSSR count). The smallest absolute Gasteiger partial charge is 0.307 e. The van der Waals surface area contributed by atoms with E-state index < -0.39 is 34.9 Å². The number of rotatable bonds is 4. The molecule has 88 valence electrons. The van der Waals surface area contributed by atoms with Gasteiger partial charge in [-0.1, -0.05) is 13.8 Å². The molecule has 1 saturated carbocycles. The number of hydrogen-bond acceptors (Lipinski definition) is 4. The van der Waals surface area contributed by atoms with Crippen LogP contribution in [0.4, 0.5) is 0 Å². The summed E-state index contributed by atoms with van der Waals surface area (Å²) in [5.41, 5.74) is -1.60. The summed E-state index contributed by atoms with van der Waals surface area (Å²) in [5.74, 6) is -1.89. The number of aliphatic hydroxyl groups is 1. The summed E-state index contributed by atoms with van der Waals surface area (Å²) in [4.78, 5) is 15.1. The lowest BCUT2D eigenvalue weighted by atomic mass is 9.93. The first kappa shape index (κ1) is 12.4. The first-order valence-corrected chi connectivity index (χ1v) is 4.89. The number of aliphatic carboxylic acids is 1. The van der Waals surface area contributed by atoms with Gasteiger partial charge in [-0.2, -0.15) is 0 Å². The van der Waals surface area contributed by atoms with Crippen LogP contribution in [-0.4, -0.2) is 33.1 Å². The van der Waals surface area contributed by atoms with Crippen molar-refractivity contribution in [2.75, 3.05) is 0 Å². The zero-order valence-corrected chi connectivity index (χ0v) is 9.39. The molecule has 0 spiro atoms. The largest absolute Gasteiger partial charge is 0.481 e. The van der Waals surface area contributed by atoms with E-state index in [1.807, 2.05) is 0 Å². The van der Waals surface area contributed by atoms with Gasteiger partial charge in [0, 0.05) is 5.92 Å². The third kappa shape index (κ3) is 1.87. The Balaban J connectivity index is 2.80. The lowest BCUT2D eigenvalue weighted by molar-refractivity contribution is -0.336. The molecule has 0 aromatic heterocycles. The van der Waals surface area contributed by atoms with E-state index >= 15 is 0 Å². The molecule has 3 atom stereocenters. The van der Waals surface area contributed by atoms with Gasteiger partial charge in [0.25, 0.3) is 0 Å². The highest BCUT2D eigenvalue weighted by Gasteiger charge is 2.67. The molecule has 0 aromatic carbocycles. The maximum atomic E-state index is 10.9. The molecule has 0 amide bonds. The van der Waals surface area contributed by atoms with Crippen LogP contribution >= 0.6 is 0 Å². The molecular formula is C10H18O5. The normalized spacial score (nSPS) is 31.1. The predicted octanol–water partition coefficient (Wildman–Crippen LogP) is 0.972. The van der Waals surface area contributed by atoms with Crippen LogP contribution in [0.15, 0.2) is 0 Å². The van der Waals surface area contributed by atoms with Gasteiger partial charge in [-0.15, -0.1) is 0 Å². The highest BCUT2D eigenvalue weighted by atomic mass is 17.1. The van der Waals surface area contributed by atoms with Crippen molar-refractivity contribution in [3.63, 3.8) is 0 Å². The van der Waals surface area contributed by atoms with Crippen molar-refractivity contribution in [2.45, 2.75) is 39.4 Å². The number of carboxylic acid groups (broad SMARTS) is 1. The van der Waals surface area contributed by atoms with Crippen LogP contribution in [-0.2, 0) is 9.68 Å². The molecule has 5 nitrogen and oxygen atoms in total. The number of hydrogen-bond donors (Lipinski definition) is 3. The van der Waals surface area contributed by atoms with Crippen molar-refractivity contribution < 1.29 is 25.2 Å². The second-order valence-electron chi connectivity index (χ2n) is 5.30. The minimum atomic E-state index is -1.15. The van der Waals surface area contributed by atoms with Gasteiger partial charge in [-0.25, -0.2) is 4.89 Å². The fourth-order valence-electron chi connectivity index (χ4n) is 2.23. The summed E-state index contributed by atoms with van der Waals surface area (Å²) in [6, 6.07) is 0. The fraction of sp³-hybridized carbons (Fsp3) is 0.900. The minimum absolute atomic E-state index is 0.392. The Morgan fingerprint density at radius 1 is 1.47 bits per heavy atom. The molecule has 15 heavy (non-hydrogen) atoms. The Bertz CT molecular complexity index is 271. The van der Waals surface area contributed by atoms with Crippen LogP contribution < -0.4 is 0 Å². The minimum Gasteiger partial charge on any atom is -0.481 e. The van der Waals surface area contributed by atoms with Crippen molar-refractivity contribution in [3.05, 3.63) is 0 Å². The van der Waals surface area contributed by atoms with Gasteiger partial charge in [-0.05, 0) is 19.3 Å². The first-order chi connectivity index (χ1) is 6.66. The number of carbonyl (C=O) groups is 1. The van der Waals surface area contributed by atoms with Crippen molar-refractivity contribution in [1.29, 1.82) is 0 Å². The summed E-state index contributed by atoms with van der Waals surface area (Å²) >= 11 is 0. The quantitative estimate of drug-likeness (QED) is 0.483. The standard InChI is InChI=1S/C10H18O5/c1-9(2)5(6(9)8(12)13)7(11)10(3,4)15-14/h5-7,11,14H,1-4H3,(H,12,13). The van der Waals surface area contributed by atoms with Gasteiger partial charge >= 0.3 is 5.97 Å². The van der Waals surface area contributed by atoms with Crippen LogP contribution in [0.25, 0.3) is 0 Å². The van der Waals surface area contributed by atoms with E-state index in [2.05, 4.69) is 4.89 Å². The number of carboxylic acids is 1. The van der Waals surface area contributed by atoms with E-state index in [4.69, 9.17) is 10.4 Å². The Labute approximate surface area is 88.6 Å². The van der Waals surface area contributed by atoms with E-state index in [0.29, 0.717) is 0 Å². The molecule has 0 saturated heterocycles. The van der Waals surface area contributed by atoms with Crippen molar-refractivity contribution >= 4 is 5.97 Å². The van der Waals surface area contributed by atoms with Crippen LogP contribution in [0.2, 0.25) is 0 Å². The summed E-state index contributed by atoms with van der Waals surface area (Å²) in [7, 11) is 0. The van der Waals surface area contributed by atoms with E-state index in [-0.39, 0.29) is 0 Å². The zero-order valence-electron chi connectivity index (χ0n) is 9.39. The van der Waals surface area contributed by atoms with Crippen molar-refractivity contribution in [1.82, 2.24) is 0 Å². The van der Waals surface area contributed by atoms with E-state index in [1.165, 1.54) is 13.8 Å². The van der Waals surface area contributed by atoms with Gasteiger partial charge in [-0.3, -0.25) is 10.1 Å². The molecule has 1 aliphatic carbocycles. The van der Waals surface area contributed by atoms with E-state index in [1.54, 1.807) is 13.8 Å². The Morgan fingerprint density at radius 2 is 1.93 bits per heavy atom. The third-order valence-electron chi connectivity index (χ3n) is 3.46. The molecule has 0 aliphatic heterocycles. The van der Waals surface area contributed by atoms with Gasteiger partial charge in [0.15, 0.2) is 0 Å². The molecule has 5 heteroatoms. The molecular weight excluding hydrogens is 200 g/mol. The van der Waals surface area contributed by atoms with Crippen LogP contribution in [0.3, 0.4) is 0 Å². The molecule has 0 bridgehead atoms. The van der Waals surface area contributed by atoms with Crippen LogP contribution in [0.5, 0.6) is 0 Å². The maximum Gasteiger partial charge on any atom is 0.307 e. The molecule has 3 unspecified atom stereocenters. The zero-order chi connectivity index (χ0) is 12.0. The van der Waals surface area contributed by atoms with E-state index in [9.17, 15) is 9.90 Å². The highest BCUT2D eigenvalue weighted by molar-refractivity contribution is 5.75. The molecule has 3 N–H and O–H groups in total. The third-order valence-corrected chi connectivity index (χ3v) is 3.46. The molecule has 0 aromatic rings. The van der Waals surface area contributed by atoms with Gasteiger partial charge in [0.2, 0.25) is 0 Å². The molecule has 0 heterocycles. The summed E-state index contributed by atoms with van der Waals surface area (Å²) in [6.45, 7) is 6.61. The van der Waals surface area contributed by atoms with Gasteiger partial charge in [0.1, 0.15) is 5.60 Å². The number of aliphatic hydroxyl groups excluding tert-OH is 1. The fourth-order valence-corrected chi connectivity index (χ4v) is 2.23. The second-order valence-corrected chi connectivity index (χ2v) is 5.30. The lowest BCUT2D eigenvalue weighted by Gasteiger charge is -2.27. The van der Waals surface area contributed by atoms with Gasteiger partial charge < -0.3 is 10.2 Å². The average molecular weight is 218 g/mol. The van der Waals surface area contributed by atoms with Gasteiger partial charge in [0.05, 0.1) is 12.0 Å². The molecule has 1 aliphatic rings. The summed E-state index contributed by atoms with van der Waals surface area (Å²) in [6.07, 6.45) is -1.00. The lowest BCUT2D eigenvalue weighted by Crippen LogP contribution is -2.41. The summed E-state index contributed by atoms with van der Waals surface area (Å²) < 4.78 is 0. The Morgan fingerprint density at radius 3 is 2.20 bits per heavy atom. The monoisotopic (exact) mass is 218 g/mol. The predicted molar refractivity (Wildman–Crippen MR) is 52.2 cm³/mol. The SMILES string of the molecule is CC(C)(OO)C(O)C1C(C(=O)O)C1(C)C. The highest BCUT2D eigenvalue weighted by Crippen LogP contribution is 2.61. The Hall–Kier alpha value is -0.650. The average Bonchev–Trinajstić information content (AvgIpc) is 2.67. The first-order valence-electron chi connectivity index (χ1n) is 4.89. The maximum absolute atomic E-state index is 10.9. The van der Waals surface area contributed by atoms with Crippen molar-refractivity contribution in [2.24, 2.45) is 17.3 Å². The van der Waals surface area contributed by atoms with E-state index in [0.717, 1.165) is 0 Å². The van der Waals surface area contributed by atoms with Crippen molar-refractivity contribution in [3.8, 4) is 0 Å². The molecule has 1 fully saturated rings. The van der Waals surface area contributed by atoms with Crippen LogP contribution in [0.1, 0.15) is 27.7 Å².